The van der Waals surface area contributed by atoms with Crippen LogP contribution in [0, 0.1) is 0 Å². The summed E-state index contributed by atoms with van der Waals surface area (Å²) in [6.45, 7) is 4.02. The lowest BCUT2D eigenvalue weighted by Gasteiger charge is -2.12. The molecule has 0 bridgehead atoms. The van der Waals surface area contributed by atoms with E-state index in [4.69, 9.17) is 9.15 Å². The van der Waals surface area contributed by atoms with Crippen molar-refractivity contribution in [1.82, 2.24) is 9.55 Å². The number of nitrogens with zero attached hydrogens (tertiary/aromatic N) is 2. The summed E-state index contributed by atoms with van der Waals surface area (Å²) in [7, 11) is 0. The number of hydrogen-bond donors (Lipinski definition) is 1. The van der Waals surface area contributed by atoms with E-state index in [1.165, 1.54) is 36.7 Å². The first-order valence-electron chi connectivity index (χ1n) is 9.43. The number of aromatic nitrogens is 2. The van der Waals surface area contributed by atoms with Gasteiger partial charge < -0.3 is 14.3 Å². The highest BCUT2D eigenvalue weighted by molar-refractivity contribution is 5.72. The smallest absolute Gasteiger partial charge is 0.353 e. The Hall–Kier alpha value is -1.66. The fourth-order valence-electron chi connectivity index (χ4n) is 3.36. The maximum Gasteiger partial charge on any atom is 0.353 e. The lowest BCUT2D eigenvalue weighted by molar-refractivity contribution is -0.00984. The number of rotatable bonds is 8. The number of ether oxygens (including phenoxy) is 1. The van der Waals surface area contributed by atoms with Gasteiger partial charge in [0.05, 0.1) is 17.6 Å². The quantitative estimate of drug-likeness (QED) is 0.738. The summed E-state index contributed by atoms with van der Waals surface area (Å²) in [5.41, 5.74) is -0.0203. The van der Waals surface area contributed by atoms with Crippen molar-refractivity contribution in [2.24, 2.45) is 0 Å². The second-order valence-electron chi connectivity index (χ2n) is 7.02. The van der Waals surface area contributed by atoms with Crippen LogP contribution in [0.25, 0.3) is 11.1 Å². The second-order valence-corrected chi connectivity index (χ2v) is 7.02. The molecule has 0 aromatic carbocycles. The predicted octanol–water partition coefficient (Wildman–Crippen LogP) is 3.56. The molecule has 0 unspecified atom stereocenters. The zero-order valence-electron chi connectivity index (χ0n) is 15.1. The molecule has 0 aliphatic carbocycles. The Kier molecular flexibility index (Phi) is 5.91. The molecule has 1 aliphatic heterocycles. The maximum atomic E-state index is 12.2. The van der Waals surface area contributed by atoms with Gasteiger partial charge in [0.1, 0.15) is 12.0 Å². The van der Waals surface area contributed by atoms with E-state index in [0.29, 0.717) is 12.1 Å². The molecular weight excluding hydrogens is 320 g/mol. The molecule has 1 N–H and O–H groups in total. The first-order valence-corrected chi connectivity index (χ1v) is 9.43. The zero-order valence-corrected chi connectivity index (χ0v) is 15.1. The van der Waals surface area contributed by atoms with Gasteiger partial charge in [0, 0.05) is 19.0 Å². The van der Waals surface area contributed by atoms with E-state index in [1.54, 1.807) is 13.1 Å². The van der Waals surface area contributed by atoms with Crippen molar-refractivity contribution in [2.45, 2.75) is 83.6 Å². The molecule has 2 aromatic rings. The van der Waals surface area contributed by atoms with Crippen molar-refractivity contribution in [3.05, 3.63) is 28.5 Å². The Morgan fingerprint density at radius 1 is 1.28 bits per heavy atom. The monoisotopic (exact) mass is 348 g/mol. The van der Waals surface area contributed by atoms with Crippen LogP contribution >= 0.6 is 0 Å². The fourth-order valence-corrected chi connectivity index (χ4v) is 3.36. The van der Waals surface area contributed by atoms with Gasteiger partial charge >= 0.3 is 5.69 Å². The van der Waals surface area contributed by atoms with Crippen LogP contribution in [-0.2, 0) is 11.2 Å². The minimum absolute atomic E-state index is 0.278. The summed E-state index contributed by atoms with van der Waals surface area (Å²) in [5.74, 6) is 0.871. The van der Waals surface area contributed by atoms with Crippen molar-refractivity contribution < 1.29 is 14.3 Å². The second kappa shape index (κ2) is 8.15. The summed E-state index contributed by atoms with van der Waals surface area (Å²) in [5, 5.41) is 10.6. The average Bonchev–Trinajstić information content (AvgIpc) is 3.12. The maximum absolute atomic E-state index is 12.2. The number of fused-ring (bicyclic) bond motifs is 1. The van der Waals surface area contributed by atoms with Gasteiger partial charge in [0.15, 0.2) is 0 Å². The van der Waals surface area contributed by atoms with Crippen molar-refractivity contribution >= 4 is 11.1 Å². The molecule has 138 valence electrons. The fraction of sp³-hybridized carbons (Fsp3) is 0.684. The summed E-state index contributed by atoms with van der Waals surface area (Å²) in [6.07, 6.45) is 9.10. The van der Waals surface area contributed by atoms with Crippen molar-refractivity contribution in [3.8, 4) is 0 Å². The number of aliphatic hydroxyl groups is 1. The van der Waals surface area contributed by atoms with Gasteiger partial charge in [0.25, 0.3) is 0 Å². The van der Waals surface area contributed by atoms with Gasteiger partial charge in [-0.25, -0.2) is 4.79 Å². The first-order chi connectivity index (χ1) is 12.1. The van der Waals surface area contributed by atoms with E-state index >= 15 is 0 Å². The normalized spacial score (nSPS) is 23.6. The number of furan rings is 1. The standard InChI is InChI=1S/C19H28N2O4/c1-3-4-5-6-7-8-9-15-10-14-12-21(19(23)20-18(14)25-15)17-11-16(22)13(2)24-17/h10,12-13,16-17,22H,3-9,11H2,1-2H3/t13-,16+,17-/m1/s1. The molecule has 0 radical (unpaired) electrons. The van der Waals surface area contributed by atoms with Gasteiger partial charge in [-0.2, -0.15) is 4.98 Å². The van der Waals surface area contributed by atoms with Gasteiger partial charge in [-0.05, 0) is 19.4 Å². The van der Waals surface area contributed by atoms with E-state index < -0.39 is 18.0 Å². The average molecular weight is 348 g/mol. The van der Waals surface area contributed by atoms with E-state index in [9.17, 15) is 9.90 Å². The van der Waals surface area contributed by atoms with Gasteiger partial charge in [-0.15, -0.1) is 0 Å². The minimum atomic E-state index is -0.555. The minimum Gasteiger partial charge on any atom is -0.443 e. The molecule has 3 atom stereocenters. The number of aliphatic hydroxyl groups excluding tert-OH is 1. The predicted molar refractivity (Wildman–Crippen MR) is 95.6 cm³/mol. The van der Waals surface area contributed by atoms with E-state index in [0.717, 1.165) is 24.0 Å². The van der Waals surface area contributed by atoms with Crippen LogP contribution in [-0.4, -0.2) is 26.9 Å². The molecule has 6 heteroatoms. The SMILES string of the molecule is CCCCCCCCc1cc2cn([C@H]3C[C@H](O)[C@@H](C)O3)c(=O)nc2o1. The van der Waals surface area contributed by atoms with E-state index in [1.807, 2.05) is 6.07 Å². The first kappa shape index (κ1) is 18.1. The van der Waals surface area contributed by atoms with Gasteiger partial charge in [0.2, 0.25) is 5.71 Å². The van der Waals surface area contributed by atoms with E-state index in [-0.39, 0.29) is 6.10 Å². The van der Waals surface area contributed by atoms with Crippen LogP contribution in [0.5, 0.6) is 0 Å². The number of hydrogen-bond acceptors (Lipinski definition) is 5. The van der Waals surface area contributed by atoms with Crippen LogP contribution in [0.4, 0.5) is 0 Å². The molecule has 0 saturated carbocycles. The lowest BCUT2D eigenvalue weighted by atomic mass is 10.1. The Balaban J connectivity index is 1.66. The lowest BCUT2D eigenvalue weighted by Crippen LogP contribution is -2.26. The van der Waals surface area contributed by atoms with E-state index in [2.05, 4.69) is 11.9 Å². The van der Waals surface area contributed by atoms with Crippen molar-refractivity contribution in [3.63, 3.8) is 0 Å². The molecule has 1 fully saturated rings. The van der Waals surface area contributed by atoms with Crippen molar-refractivity contribution in [2.75, 3.05) is 0 Å². The third-order valence-corrected chi connectivity index (χ3v) is 4.93. The summed E-state index contributed by atoms with van der Waals surface area (Å²) >= 11 is 0. The largest absolute Gasteiger partial charge is 0.443 e. The molecule has 0 spiro atoms. The van der Waals surface area contributed by atoms with Crippen LogP contribution in [0.1, 0.15) is 70.8 Å². The molecule has 3 rings (SSSR count). The Morgan fingerprint density at radius 2 is 2.04 bits per heavy atom. The molecule has 1 saturated heterocycles. The summed E-state index contributed by atoms with van der Waals surface area (Å²) in [6, 6.07) is 1.96. The third kappa shape index (κ3) is 4.30. The molecule has 1 aliphatic rings. The Morgan fingerprint density at radius 3 is 2.76 bits per heavy atom. The number of unbranched alkanes of at least 4 members (excludes halogenated alkanes) is 5. The van der Waals surface area contributed by atoms with Gasteiger partial charge in [-0.3, -0.25) is 4.57 Å². The molecule has 2 aromatic heterocycles. The van der Waals surface area contributed by atoms with Crippen LogP contribution in [0.15, 0.2) is 21.5 Å². The third-order valence-electron chi connectivity index (χ3n) is 4.93. The summed E-state index contributed by atoms with van der Waals surface area (Å²) in [4.78, 5) is 16.3. The van der Waals surface area contributed by atoms with Gasteiger partial charge in [-0.1, -0.05) is 39.0 Å². The van der Waals surface area contributed by atoms with Crippen LogP contribution < -0.4 is 5.69 Å². The molecule has 3 heterocycles. The topological polar surface area (TPSA) is 77.5 Å². The highest BCUT2D eigenvalue weighted by Crippen LogP contribution is 2.28. The zero-order chi connectivity index (χ0) is 17.8. The van der Waals surface area contributed by atoms with Crippen LogP contribution in [0.2, 0.25) is 0 Å². The Labute approximate surface area is 147 Å². The molecule has 0 amide bonds. The molecule has 25 heavy (non-hydrogen) atoms. The number of aryl methyl sites for hydroxylation is 1. The summed E-state index contributed by atoms with van der Waals surface area (Å²) < 4.78 is 12.8. The highest BCUT2D eigenvalue weighted by Gasteiger charge is 2.32. The molecule has 6 nitrogen and oxygen atoms in total. The van der Waals surface area contributed by atoms with Crippen LogP contribution in [0.3, 0.4) is 0 Å². The molecular formula is C19H28N2O4. The highest BCUT2D eigenvalue weighted by atomic mass is 16.5. The Bertz CT molecular complexity index is 741. The van der Waals surface area contributed by atoms with Crippen molar-refractivity contribution in [1.29, 1.82) is 0 Å².